The number of nitrogens with zero attached hydrogens (tertiary/aromatic N) is 2. The van der Waals surface area contributed by atoms with E-state index in [0.29, 0.717) is 12.2 Å². The Bertz CT molecular complexity index is 1230. The monoisotopic (exact) mass is 472 g/mol. The normalized spacial score (nSPS) is 17.4. The topological polar surface area (TPSA) is 118 Å². The molecule has 10 heteroatoms. The third-order valence-electron chi connectivity index (χ3n) is 5.33. The zero-order valence-electron chi connectivity index (χ0n) is 17.7. The summed E-state index contributed by atoms with van der Waals surface area (Å²) in [6.45, 7) is 3.85. The van der Waals surface area contributed by atoms with Crippen molar-refractivity contribution in [1.29, 1.82) is 0 Å². The molecule has 1 amide bonds. The van der Waals surface area contributed by atoms with Crippen molar-refractivity contribution in [2.45, 2.75) is 37.2 Å². The number of carbonyl (C=O) groups excluding carboxylic acids is 1. The van der Waals surface area contributed by atoms with Gasteiger partial charge in [-0.3, -0.25) is 4.79 Å². The van der Waals surface area contributed by atoms with Crippen LogP contribution in [0.5, 0.6) is 0 Å². The van der Waals surface area contributed by atoms with Crippen LogP contribution in [0.15, 0.2) is 68.3 Å². The van der Waals surface area contributed by atoms with Crippen molar-refractivity contribution in [3.63, 3.8) is 0 Å². The van der Waals surface area contributed by atoms with Gasteiger partial charge in [-0.25, -0.2) is 18.6 Å². The summed E-state index contributed by atoms with van der Waals surface area (Å²) in [6.07, 6.45) is 0.587. The van der Waals surface area contributed by atoms with Crippen LogP contribution in [0.4, 0.5) is 0 Å². The lowest BCUT2D eigenvalue weighted by molar-refractivity contribution is -0.132. The Labute approximate surface area is 190 Å². The summed E-state index contributed by atoms with van der Waals surface area (Å²) in [5, 5.41) is 16.5. The number of rotatable bonds is 7. The number of furan rings is 1. The number of thiophene rings is 1. The molecule has 2 atom stereocenters. The fourth-order valence-electron chi connectivity index (χ4n) is 3.57. The maximum atomic E-state index is 13.1. The van der Waals surface area contributed by atoms with E-state index in [-0.39, 0.29) is 29.4 Å². The molecule has 0 aliphatic carbocycles. The van der Waals surface area contributed by atoms with Crippen LogP contribution in [0, 0.1) is 6.92 Å². The molecule has 0 bridgehead atoms. The molecular formula is C22H24N4O4S2. The molecule has 3 aromatic rings. The van der Waals surface area contributed by atoms with Gasteiger partial charge < -0.3 is 9.73 Å². The van der Waals surface area contributed by atoms with Crippen LogP contribution in [0.2, 0.25) is 0 Å². The second kappa shape index (κ2) is 8.99. The highest BCUT2D eigenvalue weighted by Gasteiger charge is 2.34. The largest absolute Gasteiger partial charge is 0.460 e. The third kappa shape index (κ3) is 4.83. The summed E-state index contributed by atoms with van der Waals surface area (Å²) >= 11 is 1.59. The second-order valence-corrected chi connectivity index (χ2v) is 10.2. The lowest BCUT2D eigenvalue weighted by Gasteiger charge is -2.22. The Kier molecular flexibility index (Phi) is 6.29. The Balaban J connectivity index is 1.47. The number of nitrogens with one attached hydrogen (secondary N) is 1. The van der Waals surface area contributed by atoms with Crippen LogP contribution in [0.1, 0.15) is 47.4 Å². The minimum Gasteiger partial charge on any atom is -0.460 e. The van der Waals surface area contributed by atoms with E-state index in [1.54, 1.807) is 23.5 Å². The predicted molar refractivity (Wildman–Crippen MR) is 123 cm³/mol. The molecule has 0 radical (unpaired) electrons. The molecule has 32 heavy (non-hydrogen) atoms. The lowest BCUT2D eigenvalue weighted by Crippen LogP contribution is -2.36. The highest BCUT2D eigenvalue weighted by molar-refractivity contribution is 7.89. The molecule has 2 aromatic heterocycles. The molecule has 0 saturated heterocycles. The van der Waals surface area contributed by atoms with Crippen molar-refractivity contribution in [1.82, 2.24) is 10.3 Å². The van der Waals surface area contributed by atoms with E-state index >= 15 is 0 Å². The smallest absolute Gasteiger partial charge is 0.257 e. The van der Waals surface area contributed by atoms with Crippen LogP contribution in [-0.4, -0.2) is 31.6 Å². The summed E-state index contributed by atoms with van der Waals surface area (Å²) < 4.78 is 28.6. The lowest BCUT2D eigenvalue weighted by atomic mass is 10.1. The first-order valence-corrected chi connectivity index (χ1v) is 12.5. The van der Waals surface area contributed by atoms with Crippen LogP contribution in [0.25, 0.3) is 0 Å². The van der Waals surface area contributed by atoms with E-state index in [9.17, 15) is 13.2 Å². The van der Waals surface area contributed by atoms with E-state index in [0.717, 1.165) is 21.9 Å². The number of primary sulfonamides is 1. The number of carbonyl (C=O) groups is 1. The van der Waals surface area contributed by atoms with Crippen LogP contribution in [0.3, 0.4) is 0 Å². The molecule has 4 rings (SSSR count). The SMILES string of the molecule is Cc1ccc(C2=NN(C(=O)CN[C@@H](C)c3ccc(S(N)(=O)=O)cc3)[C@H](c3cccs3)C2)o1. The van der Waals surface area contributed by atoms with Gasteiger partial charge in [-0.05, 0) is 55.1 Å². The molecule has 8 nitrogen and oxygen atoms in total. The minimum absolute atomic E-state index is 0.0513. The Morgan fingerprint density at radius 1 is 1.28 bits per heavy atom. The van der Waals surface area contributed by atoms with E-state index in [1.165, 1.54) is 17.1 Å². The van der Waals surface area contributed by atoms with Gasteiger partial charge in [-0.1, -0.05) is 18.2 Å². The summed E-state index contributed by atoms with van der Waals surface area (Å²) in [4.78, 5) is 14.2. The third-order valence-corrected chi connectivity index (χ3v) is 7.23. The number of benzene rings is 1. The molecule has 168 valence electrons. The number of nitrogens with two attached hydrogens (primary N) is 1. The molecular weight excluding hydrogens is 448 g/mol. The summed E-state index contributed by atoms with van der Waals surface area (Å²) in [5.74, 6) is 1.31. The van der Waals surface area contributed by atoms with Crippen molar-refractivity contribution in [3.8, 4) is 0 Å². The summed E-state index contributed by atoms with van der Waals surface area (Å²) in [7, 11) is -3.74. The van der Waals surface area contributed by atoms with Gasteiger partial charge in [-0.15, -0.1) is 11.3 Å². The first kappa shape index (κ1) is 22.4. The molecule has 0 saturated carbocycles. The summed E-state index contributed by atoms with van der Waals surface area (Å²) in [6, 6.07) is 13.7. The predicted octanol–water partition coefficient (Wildman–Crippen LogP) is 3.33. The van der Waals surface area contributed by atoms with Gasteiger partial charge in [0.25, 0.3) is 5.91 Å². The van der Waals surface area contributed by atoms with Crippen molar-refractivity contribution in [2.24, 2.45) is 10.2 Å². The molecule has 0 fully saturated rings. The van der Waals surface area contributed by atoms with Crippen molar-refractivity contribution < 1.29 is 17.6 Å². The van der Waals surface area contributed by atoms with Gasteiger partial charge in [0, 0.05) is 17.3 Å². The Morgan fingerprint density at radius 2 is 2.03 bits per heavy atom. The number of hydrogen-bond acceptors (Lipinski definition) is 7. The second-order valence-electron chi connectivity index (χ2n) is 7.65. The van der Waals surface area contributed by atoms with Crippen LogP contribution < -0.4 is 10.5 Å². The first-order valence-electron chi connectivity index (χ1n) is 10.1. The zero-order chi connectivity index (χ0) is 22.9. The quantitative estimate of drug-likeness (QED) is 0.547. The molecule has 0 unspecified atom stereocenters. The van der Waals surface area contributed by atoms with Crippen molar-refractivity contribution in [2.75, 3.05) is 6.54 Å². The Morgan fingerprint density at radius 3 is 2.62 bits per heavy atom. The number of aryl methyl sites for hydroxylation is 1. The number of sulfonamides is 1. The number of amides is 1. The molecule has 1 aliphatic rings. The molecule has 1 aromatic carbocycles. The van der Waals surface area contributed by atoms with E-state index in [2.05, 4.69) is 10.4 Å². The van der Waals surface area contributed by atoms with E-state index in [1.807, 2.05) is 43.5 Å². The van der Waals surface area contributed by atoms with Gasteiger partial charge in [0.1, 0.15) is 17.2 Å². The van der Waals surface area contributed by atoms with Crippen molar-refractivity contribution >= 4 is 33.0 Å². The van der Waals surface area contributed by atoms with Gasteiger partial charge in [0.2, 0.25) is 10.0 Å². The minimum atomic E-state index is -3.74. The average Bonchev–Trinajstić information content (AvgIpc) is 3.51. The van der Waals surface area contributed by atoms with Crippen molar-refractivity contribution in [3.05, 3.63) is 75.9 Å². The highest BCUT2D eigenvalue weighted by atomic mass is 32.2. The first-order chi connectivity index (χ1) is 15.2. The van der Waals surface area contributed by atoms with Gasteiger partial charge >= 0.3 is 0 Å². The standard InChI is InChI=1S/C22H24N4O4S2/c1-14-5-10-20(30-14)18-12-19(21-4-3-11-31-21)26(25-18)22(27)13-24-15(2)16-6-8-17(9-7-16)32(23,28)29/h3-11,15,19,24H,12-13H2,1-2H3,(H2,23,28,29)/t15-,19-/m0/s1. The molecule has 0 spiro atoms. The summed E-state index contributed by atoms with van der Waals surface area (Å²) in [5.41, 5.74) is 1.59. The molecule has 3 heterocycles. The van der Waals surface area contributed by atoms with Crippen LogP contribution >= 0.6 is 11.3 Å². The average molecular weight is 473 g/mol. The van der Waals surface area contributed by atoms with E-state index in [4.69, 9.17) is 9.56 Å². The van der Waals surface area contributed by atoms with Gasteiger partial charge in [0.05, 0.1) is 17.5 Å². The molecule has 1 aliphatic heterocycles. The molecule has 3 N–H and O–H groups in total. The van der Waals surface area contributed by atoms with Crippen LogP contribution in [-0.2, 0) is 14.8 Å². The van der Waals surface area contributed by atoms with Gasteiger partial charge in [0.15, 0.2) is 0 Å². The number of hydrazone groups is 1. The zero-order valence-corrected chi connectivity index (χ0v) is 19.3. The Hall–Kier alpha value is -2.79. The highest BCUT2D eigenvalue weighted by Crippen LogP contribution is 2.35. The van der Waals surface area contributed by atoms with E-state index < -0.39 is 10.0 Å². The van der Waals surface area contributed by atoms with Gasteiger partial charge in [-0.2, -0.15) is 5.10 Å². The maximum absolute atomic E-state index is 13.1. The fraction of sp³-hybridized carbons (Fsp3) is 0.273. The number of hydrogen-bond donors (Lipinski definition) is 2. The maximum Gasteiger partial charge on any atom is 0.257 e. The fourth-order valence-corrected chi connectivity index (χ4v) is 4.89.